The lowest BCUT2D eigenvalue weighted by atomic mass is 9.78. The summed E-state index contributed by atoms with van der Waals surface area (Å²) in [6.45, 7) is -0.206. The molecule has 0 unspecified atom stereocenters. The molecule has 1 heterocycles. The number of azide groups is 1. The molecule has 1 fully saturated rings. The smallest absolute Gasteiger partial charge is 0.330 e. The second-order valence-electron chi connectivity index (χ2n) is 10.4. The number of aliphatic hydroxyl groups is 1. The molecule has 4 aromatic carbocycles. The Morgan fingerprint density at radius 3 is 2.05 bits per heavy atom. The number of urea groups is 1. The van der Waals surface area contributed by atoms with Crippen molar-refractivity contribution in [3.8, 4) is 11.1 Å². The van der Waals surface area contributed by atoms with E-state index >= 15 is 0 Å². The van der Waals surface area contributed by atoms with E-state index in [2.05, 4.69) is 10.0 Å². The SMILES string of the molecule is COC(=O)[C@@H]1[C@@H]([C@H](O)CN=[N+]=[N-])N(Cc2ccccc2)C(=O)N1C1(c2ccccc2)c2ccccc2-c2ccccc21. The number of amides is 2. The van der Waals surface area contributed by atoms with E-state index < -0.39 is 35.7 Å². The van der Waals surface area contributed by atoms with Gasteiger partial charge in [-0.25, -0.2) is 9.59 Å². The molecule has 0 aromatic heterocycles. The van der Waals surface area contributed by atoms with Gasteiger partial charge in [-0.2, -0.15) is 0 Å². The molecule has 42 heavy (non-hydrogen) atoms. The summed E-state index contributed by atoms with van der Waals surface area (Å²) < 4.78 is 5.34. The number of hydrogen-bond donors (Lipinski definition) is 1. The van der Waals surface area contributed by atoms with Crippen LogP contribution in [0.15, 0.2) is 114 Å². The minimum atomic E-state index is -1.35. The average molecular weight is 560 g/mol. The molecule has 0 bridgehead atoms. The van der Waals surface area contributed by atoms with Crippen LogP contribution in [-0.4, -0.2) is 58.7 Å². The summed E-state index contributed by atoms with van der Waals surface area (Å²) in [5, 5.41) is 15.1. The summed E-state index contributed by atoms with van der Waals surface area (Å²) in [7, 11) is 1.27. The second kappa shape index (κ2) is 11.0. The third kappa shape index (κ3) is 4.10. The zero-order valence-corrected chi connectivity index (χ0v) is 22.9. The standard InChI is InChI=1S/C33H29N5O4/c1-42-31(40)30-29(28(39)20-35-36-34)37(21-22-12-4-2-5-13-22)32(41)38(30)33(23-14-6-3-7-15-23)26-18-10-8-16-24(26)25-17-9-11-19-27(25)33/h2-19,28-30,39H,20-21H2,1H3/t28-,29-,30+/m1/s1. The summed E-state index contributed by atoms with van der Waals surface area (Å²) in [6.07, 6.45) is -1.35. The van der Waals surface area contributed by atoms with Gasteiger partial charge in [-0.3, -0.25) is 4.90 Å². The first kappa shape index (κ1) is 27.1. The summed E-state index contributed by atoms with van der Waals surface area (Å²) in [5.74, 6) is -0.680. The topological polar surface area (TPSA) is 119 Å². The minimum Gasteiger partial charge on any atom is -0.467 e. The zero-order valence-electron chi connectivity index (χ0n) is 22.9. The van der Waals surface area contributed by atoms with Gasteiger partial charge in [0.15, 0.2) is 6.04 Å². The van der Waals surface area contributed by atoms with Crippen molar-refractivity contribution in [2.75, 3.05) is 13.7 Å². The number of methoxy groups -OCH3 is 1. The van der Waals surface area contributed by atoms with Crippen LogP contribution in [-0.2, 0) is 21.6 Å². The first-order valence-corrected chi connectivity index (χ1v) is 13.7. The molecule has 1 saturated heterocycles. The summed E-state index contributed by atoms with van der Waals surface area (Å²) in [6, 6.07) is 32.0. The van der Waals surface area contributed by atoms with E-state index in [1.165, 1.54) is 12.0 Å². The van der Waals surface area contributed by atoms with E-state index in [0.29, 0.717) is 0 Å². The van der Waals surface area contributed by atoms with Crippen LogP contribution in [0.25, 0.3) is 21.6 Å². The third-order valence-corrected chi connectivity index (χ3v) is 8.25. The first-order valence-electron chi connectivity index (χ1n) is 13.7. The van der Waals surface area contributed by atoms with Crippen molar-refractivity contribution < 1.29 is 19.4 Å². The van der Waals surface area contributed by atoms with Gasteiger partial charge in [0.05, 0.1) is 25.8 Å². The highest BCUT2D eigenvalue weighted by molar-refractivity contribution is 5.94. The summed E-state index contributed by atoms with van der Waals surface area (Å²) in [4.78, 5) is 34.7. The quantitative estimate of drug-likeness (QED) is 0.133. The maximum absolute atomic E-state index is 14.9. The Hall–Kier alpha value is -5.11. The number of benzene rings is 4. The lowest BCUT2D eigenvalue weighted by Gasteiger charge is -2.43. The van der Waals surface area contributed by atoms with E-state index in [1.807, 2.05) is 109 Å². The van der Waals surface area contributed by atoms with Crippen LogP contribution in [0.1, 0.15) is 22.3 Å². The molecule has 2 amide bonds. The minimum absolute atomic E-state index is 0.121. The zero-order chi connectivity index (χ0) is 29.3. The highest BCUT2D eigenvalue weighted by Crippen LogP contribution is 2.56. The van der Waals surface area contributed by atoms with Crippen molar-refractivity contribution in [1.29, 1.82) is 0 Å². The van der Waals surface area contributed by atoms with Gasteiger partial charge in [-0.05, 0) is 38.9 Å². The Bertz CT molecular complexity index is 1630. The van der Waals surface area contributed by atoms with Crippen LogP contribution in [0.2, 0.25) is 0 Å². The fourth-order valence-corrected chi connectivity index (χ4v) is 6.63. The molecule has 2 aliphatic rings. The number of aliphatic hydroxyl groups excluding tert-OH is 1. The van der Waals surface area contributed by atoms with E-state index in [1.54, 1.807) is 4.90 Å². The van der Waals surface area contributed by atoms with Gasteiger partial charge in [0.2, 0.25) is 0 Å². The van der Waals surface area contributed by atoms with Crippen LogP contribution in [0.3, 0.4) is 0 Å². The third-order valence-electron chi connectivity index (χ3n) is 8.25. The fourth-order valence-electron chi connectivity index (χ4n) is 6.63. The van der Waals surface area contributed by atoms with Gasteiger partial charge < -0.3 is 14.7 Å². The van der Waals surface area contributed by atoms with Gasteiger partial charge in [0.1, 0.15) is 5.54 Å². The second-order valence-corrected chi connectivity index (χ2v) is 10.4. The largest absolute Gasteiger partial charge is 0.467 e. The van der Waals surface area contributed by atoms with Gasteiger partial charge in [0.25, 0.3) is 0 Å². The fraction of sp³-hybridized carbons (Fsp3) is 0.212. The van der Waals surface area contributed by atoms with Crippen LogP contribution in [0.4, 0.5) is 4.79 Å². The maximum atomic E-state index is 14.9. The van der Waals surface area contributed by atoms with Crippen LogP contribution in [0, 0.1) is 0 Å². The monoisotopic (exact) mass is 559 g/mol. The van der Waals surface area contributed by atoms with Crippen molar-refractivity contribution >= 4 is 12.0 Å². The molecule has 0 saturated carbocycles. The molecule has 9 heteroatoms. The van der Waals surface area contributed by atoms with E-state index in [4.69, 9.17) is 10.3 Å². The van der Waals surface area contributed by atoms with E-state index in [9.17, 15) is 14.7 Å². The highest BCUT2D eigenvalue weighted by atomic mass is 16.5. The molecule has 6 rings (SSSR count). The van der Waals surface area contributed by atoms with Crippen molar-refractivity contribution in [3.63, 3.8) is 0 Å². The number of hydrogen-bond acceptors (Lipinski definition) is 5. The molecule has 210 valence electrons. The lowest BCUT2D eigenvalue weighted by Crippen LogP contribution is -2.57. The van der Waals surface area contributed by atoms with Crippen molar-refractivity contribution in [2.24, 2.45) is 5.11 Å². The molecule has 4 aromatic rings. The van der Waals surface area contributed by atoms with Crippen LogP contribution < -0.4 is 0 Å². The number of nitrogens with zero attached hydrogens (tertiary/aromatic N) is 5. The Morgan fingerprint density at radius 2 is 1.48 bits per heavy atom. The van der Waals surface area contributed by atoms with Gasteiger partial charge >= 0.3 is 12.0 Å². The highest BCUT2D eigenvalue weighted by Gasteiger charge is 2.63. The Labute approximate surface area is 243 Å². The molecular formula is C33H29N5O4. The summed E-state index contributed by atoms with van der Waals surface area (Å²) >= 11 is 0. The number of carbonyl (C=O) groups excluding carboxylic acids is 2. The normalized spacial score (nSPS) is 19.0. The number of ether oxygens (including phenoxy) is 1. The molecule has 1 aliphatic heterocycles. The summed E-state index contributed by atoms with van der Waals surface area (Å²) in [5.41, 5.74) is 13.0. The van der Waals surface area contributed by atoms with Crippen molar-refractivity contribution in [3.05, 3.63) is 142 Å². The van der Waals surface area contributed by atoms with E-state index in [-0.39, 0.29) is 13.1 Å². The van der Waals surface area contributed by atoms with Gasteiger partial charge in [0, 0.05) is 11.5 Å². The first-order chi connectivity index (χ1) is 20.5. The Balaban J connectivity index is 1.66. The molecule has 0 radical (unpaired) electrons. The molecule has 9 nitrogen and oxygen atoms in total. The molecule has 3 atom stereocenters. The van der Waals surface area contributed by atoms with Gasteiger partial charge in [-0.1, -0.05) is 114 Å². The predicted molar refractivity (Wildman–Crippen MR) is 157 cm³/mol. The molecular weight excluding hydrogens is 530 g/mol. The van der Waals surface area contributed by atoms with Crippen molar-refractivity contribution in [2.45, 2.75) is 30.3 Å². The van der Waals surface area contributed by atoms with Crippen molar-refractivity contribution in [1.82, 2.24) is 9.80 Å². The Kier molecular flexibility index (Phi) is 7.12. The number of fused-ring (bicyclic) bond motifs is 3. The number of esters is 1. The maximum Gasteiger partial charge on any atom is 0.330 e. The average Bonchev–Trinajstić information content (AvgIpc) is 3.50. The predicted octanol–water partition coefficient (Wildman–Crippen LogP) is 5.48. The number of carbonyl (C=O) groups is 2. The molecule has 0 spiro atoms. The van der Waals surface area contributed by atoms with E-state index in [0.717, 1.165) is 33.4 Å². The van der Waals surface area contributed by atoms with Crippen LogP contribution in [0.5, 0.6) is 0 Å². The molecule has 1 N–H and O–H groups in total. The number of rotatable bonds is 8. The van der Waals surface area contributed by atoms with Gasteiger partial charge in [-0.15, -0.1) is 0 Å². The van der Waals surface area contributed by atoms with Crippen LogP contribution >= 0.6 is 0 Å². The Morgan fingerprint density at radius 1 is 0.929 bits per heavy atom. The molecule has 1 aliphatic carbocycles. The lowest BCUT2D eigenvalue weighted by molar-refractivity contribution is -0.148.